The van der Waals surface area contributed by atoms with Crippen LogP contribution in [0, 0.1) is 11.2 Å². The van der Waals surface area contributed by atoms with Crippen molar-refractivity contribution in [3.05, 3.63) is 95.4 Å². The molecule has 0 amide bonds. The van der Waals surface area contributed by atoms with Crippen LogP contribution in [0.5, 0.6) is 0 Å². The minimum atomic E-state index is -5.05. The van der Waals surface area contributed by atoms with Gasteiger partial charge in [0.1, 0.15) is 17.2 Å². The predicted molar refractivity (Wildman–Crippen MR) is 140 cm³/mol. The standard InChI is InChI=1S/C29H28F4N4O2/c30-22-6-8-23(9-7-22)35-26-10-5-21(17-20(26)18-34)28(38,29(31,32)33)25-19-37(27-4-2-1-3-24(25)27)12-11-36-13-15-39-16-14-36/h1-10,17-19,34-35,38H,11-16H2/p+1. The minimum Gasteiger partial charge on any atom is -0.379 e. The molecule has 0 spiro atoms. The van der Waals surface area contributed by atoms with Crippen LogP contribution in [0.4, 0.5) is 28.9 Å². The van der Waals surface area contributed by atoms with Gasteiger partial charge in [-0.1, -0.05) is 18.2 Å². The summed E-state index contributed by atoms with van der Waals surface area (Å²) in [6, 6.07) is 16.2. The molecule has 0 radical (unpaired) electrons. The van der Waals surface area contributed by atoms with Gasteiger partial charge in [0.05, 0.1) is 18.8 Å². The number of benzene rings is 3. The molecule has 0 saturated carbocycles. The number of aromatic nitrogens is 1. The fourth-order valence-electron chi connectivity index (χ4n) is 5.06. The highest BCUT2D eigenvalue weighted by molar-refractivity contribution is 5.87. The molecule has 39 heavy (non-hydrogen) atoms. The van der Waals surface area contributed by atoms with Gasteiger partial charge in [-0.3, -0.25) is 10.2 Å². The minimum absolute atomic E-state index is 0.190. The summed E-state index contributed by atoms with van der Waals surface area (Å²) in [4.78, 5) is 2.20. The van der Waals surface area contributed by atoms with Crippen molar-refractivity contribution in [3.63, 3.8) is 0 Å². The number of hydrogen-bond acceptors (Lipinski definition) is 4. The first kappa shape index (κ1) is 27.0. The summed E-state index contributed by atoms with van der Waals surface area (Å²) in [5, 5.41) is 21.4. The Morgan fingerprint density at radius 1 is 0.974 bits per heavy atom. The highest BCUT2D eigenvalue weighted by Crippen LogP contribution is 2.47. The summed E-state index contributed by atoms with van der Waals surface area (Å²) < 4.78 is 64.9. The molecule has 4 aromatic rings. The summed E-state index contributed by atoms with van der Waals surface area (Å²) in [7, 11) is 0. The molecule has 1 unspecified atom stereocenters. The van der Waals surface area contributed by atoms with Gasteiger partial charge < -0.3 is 19.8 Å². The number of para-hydroxylation sites is 1. The number of morpholine rings is 1. The number of nitrogens with one attached hydrogen (secondary N) is 1. The maximum Gasteiger partial charge on any atom is 0.425 e. The highest BCUT2D eigenvalue weighted by Gasteiger charge is 2.57. The van der Waals surface area contributed by atoms with Crippen LogP contribution >= 0.6 is 0 Å². The van der Waals surface area contributed by atoms with Gasteiger partial charge in [-0.05, 0) is 35.9 Å². The van der Waals surface area contributed by atoms with E-state index < -0.39 is 17.6 Å². The number of quaternary nitrogens is 1. The normalized spacial score (nSPS) is 16.3. The number of halogens is 4. The SMILES string of the molecule is N=Cc1cc(C(O)(c2cn(CCN3CCOCC3)c3ccccc23)C(F)(F)F)ccc1[NH2+]c1ccc(F)cc1. The quantitative estimate of drug-likeness (QED) is 0.175. The number of hydrogen-bond donors (Lipinski definition) is 3. The van der Waals surface area contributed by atoms with Crippen LogP contribution in [0.1, 0.15) is 16.7 Å². The molecule has 10 heteroatoms. The third kappa shape index (κ3) is 5.33. The first-order valence-corrected chi connectivity index (χ1v) is 12.6. The molecular weight excluding hydrogens is 512 g/mol. The first-order chi connectivity index (χ1) is 18.7. The van der Waals surface area contributed by atoms with Gasteiger partial charge in [-0.2, -0.15) is 13.2 Å². The Morgan fingerprint density at radius 2 is 1.69 bits per heavy atom. The van der Waals surface area contributed by atoms with Gasteiger partial charge in [0.2, 0.25) is 5.60 Å². The molecule has 0 bridgehead atoms. The molecule has 2 heterocycles. The summed E-state index contributed by atoms with van der Waals surface area (Å²) in [5.74, 6) is -0.408. The molecule has 0 aliphatic carbocycles. The lowest BCUT2D eigenvalue weighted by Crippen LogP contribution is -2.71. The van der Waals surface area contributed by atoms with Gasteiger partial charge >= 0.3 is 6.18 Å². The second-order valence-electron chi connectivity index (χ2n) is 9.60. The summed E-state index contributed by atoms with van der Waals surface area (Å²) in [6.07, 6.45) is -2.71. The van der Waals surface area contributed by atoms with Crippen molar-refractivity contribution in [2.24, 2.45) is 0 Å². The molecule has 1 saturated heterocycles. The molecule has 3 aromatic carbocycles. The lowest BCUT2D eigenvalue weighted by molar-refractivity contribution is -0.478. The Hall–Kier alpha value is -3.57. The summed E-state index contributed by atoms with van der Waals surface area (Å²) in [6.45, 7) is 3.84. The Labute approximate surface area is 222 Å². The van der Waals surface area contributed by atoms with Crippen LogP contribution in [0.2, 0.25) is 0 Å². The fraction of sp³-hybridized carbons (Fsp3) is 0.276. The zero-order valence-corrected chi connectivity index (χ0v) is 21.1. The van der Waals surface area contributed by atoms with Crippen LogP contribution in [-0.2, 0) is 16.9 Å². The monoisotopic (exact) mass is 541 g/mol. The third-order valence-electron chi connectivity index (χ3n) is 7.20. The van der Waals surface area contributed by atoms with E-state index in [1.807, 2.05) is 0 Å². The maximum atomic E-state index is 14.8. The number of ether oxygens (including phenoxy) is 1. The second kappa shape index (κ2) is 10.9. The van der Waals surface area contributed by atoms with E-state index in [-0.39, 0.29) is 16.7 Å². The average Bonchev–Trinajstić information content (AvgIpc) is 3.32. The molecule has 1 fully saturated rings. The van der Waals surface area contributed by atoms with E-state index in [2.05, 4.69) is 4.90 Å². The maximum absolute atomic E-state index is 14.8. The first-order valence-electron chi connectivity index (χ1n) is 12.6. The Bertz CT molecular complexity index is 1460. The molecular formula is C29H29F4N4O2+. The van der Waals surface area contributed by atoms with Crippen molar-refractivity contribution in [2.45, 2.75) is 18.3 Å². The van der Waals surface area contributed by atoms with Crippen LogP contribution < -0.4 is 5.32 Å². The van der Waals surface area contributed by atoms with E-state index in [0.29, 0.717) is 48.6 Å². The average molecular weight is 542 g/mol. The number of nitrogens with two attached hydrogens (primary N) is 1. The summed E-state index contributed by atoms with van der Waals surface area (Å²) in [5.41, 5.74) is -2.09. The summed E-state index contributed by atoms with van der Waals surface area (Å²) >= 11 is 0. The molecule has 1 aromatic heterocycles. The number of alkyl halides is 3. The van der Waals surface area contributed by atoms with Crippen LogP contribution in [0.3, 0.4) is 0 Å². The fourth-order valence-corrected chi connectivity index (χ4v) is 5.06. The number of nitrogens with zero attached hydrogens (tertiary/aromatic N) is 2. The van der Waals surface area contributed by atoms with Crippen molar-refractivity contribution in [1.29, 1.82) is 5.41 Å². The zero-order valence-electron chi connectivity index (χ0n) is 21.1. The zero-order chi connectivity index (χ0) is 27.6. The Balaban J connectivity index is 1.55. The van der Waals surface area contributed by atoms with E-state index in [9.17, 15) is 22.7 Å². The molecule has 6 nitrogen and oxygen atoms in total. The number of rotatable bonds is 8. The second-order valence-corrected chi connectivity index (χ2v) is 9.60. The van der Waals surface area contributed by atoms with Crippen molar-refractivity contribution in [3.8, 4) is 0 Å². The third-order valence-corrected chi connectivity index (χ3v) is 7.20. The lowest BCUT2D eigenvalue weighted by atomic mass is 9.84. The Morgan fingerprint density at radius 3 is 2.38 bits per heavy atom. The molecule has 204 valence electrons. The van der Waals surface area contributed by atoms with E-state index in [1.54, 1.807) is 34.1 Å². The largest absolute Gasteiger partial charge is 0.425 e. The van der Waals surface area contributed by atoms with Crippen LogP contribution in [0.25, 0.3) is 10.9 Å². The van der Waals surface area contributed by atoms with Crippen LogP contribution in [-0.4, -0.2) is 59.8 Å². The van der Waals surface area contributed by atoms with Gasteiger partial charge in [-0.15, -0.1) is 0 Å². The Kier molecular flexibility index (Phi) is 7.55. The van der Waals surface area contributed by atoms with Gasteiger partial charge in [0.25, 0.3) is 0 Å². The van der Waals surface area contributed by atoms with E-state index in [4.69, 9.17) is 10.1 Å². The number of fused-ring (bicyclic) bond motifs is 1. The number of aliphatic hydroxyl groups is 1. The van der Waals surface area contributed by atoms with Gasteiger partial charge in [-0.25, -0.2) is 4.39 Å². The molecule has 1 aliphatic rings. The molecule has 1 atom stereocenters. The van der Waals surface area contributed by atoms with Crippen molar-refractivity contribution in [1.82, 2.24) is 9.47 Å². The highest BCUT2D eigenvalue weighted by atomic mass is 19.4. The van der Waals surface area contributed by atoms with Crippen molar-refractivity contribution >= 4 is 28.5 Å². The van der Waals surface area contributed by atoms with Crippen molar-refractivity contribution < 1.29 is 32.7 Å². The topological polar surface area (TPSA) is 78.1 Å². The van der Waals surface area contributed by atoms with Crippen LogP contribution in [0.15, 0.2) is 72.9 Å². The van der Waals surface area contributed by atoms with Gasteiger partial charge in [0.15, 0.2) is 0 Å². The molecule has 5 rings (SSSR count). The van der Waals surface area contributed by atoms with Crippen molar-refractivity contribution in [2.75, 3.05) is 32.8 Å². The van der Waals surface area contributed by atoms with Gasteiger partial charge in [0, 0.05) is 73.3 Å². The predicted octanol–water partition coefficient (Wildman–Crippen LogP) is 4.44. The van der Waals surface area contributed by atoms with E-state index >= 15 is 0 Å². The van der Waals surface area contributed by atoms with E-state index in [0.717, 1.165) is 19.3 Å². The smallest absolute Gasteiger partial charge is 0.379 e. The molecule has 4 N–H and O–H groups in total. The lowest BCUT2D eigenvalue weighted by Gasteiger charge is -2.31. The van der Waals surface area contributed by atoms with E-state index in [1.165, 1.54) is 48.7 Å². The molecule has 1 aliphatic heterocycles.